The summed E-state index contributed by atoms with van der Waals surface area (Å²) in [5.74, 6) is 2.09. The average Bonchev–Trinajstić information content (AvgIpc) is 3.13. The van der Waals surface area contributed by atoms with Crippen LogP contribution in [0.15, 0.2) is 27.8 Å². The Kier molecular flexibility index (Phi) is 5.46. The summed E-state index contributed by atoms with van der Waals surface area (Å²) < 4.78 is 5.14. The van der Waals surface area contributed by atoms with E-state index in [4.69, 9.17) is 4.42 Å². The van der Waals surface area contributed by atoms with Crippen molar-refractivity contribution in [2.45, 2.75) is 26.3 Å². The van der Waals surface area contributed by atoms with Gasteiger partial charge in [-0.3, -0.25) is 4.79 Å². The third-order valence-corrected chi connectivity index (χ3v) is 3.02. The summed E-state index contributed by atoms with van der Waals surface area (Å²) in [5.41, 5.74) is 0. The van der Waals surface area contributed by atoms with Crippen LogP contribution in [0.1, 0.15) is 25.5 Å². The molecular formula is C14H22N4O2. The molecule has 0 atom stereocenters. The zero-order valence-electron chi connectivity index (χ0n) is 11.8. The summed E-state index contributed by atoms with van der Waals surface area (Å²) in [6.45, 7) is 4.23. The number of carbonyl (C=O) groups excluding carboxylic acids is 1. The summed E-state index contributed by atoms with van der Waals surface area (Å²) in [7, 11) is 0. The molecule has 1 aliphatic carbocycles. The summed E-state index contributed by atoms with van der Waals surface area (Å²) in [5, 5.41) is 9.14. The van der Waals surface area contributed by atoms with Crippen molar-refractivity contribution < 1.29 is 9.21 Å². The maximum absolute atomic E-state index is 11.7. The van der Waals surface area contributed by atoms with E-state index < -0.39 is 0 Å². The van der Waals surface area contributed by atoms with Gasteiger partial charge in [-0.15, -0.1) is 0 Å². The molecule has 6 heteroatoms. The molecule has 0 unspecified atom stereocenters. The standard InChI is InChI=1S/C14H22N4O2/c1-2-15-14(17-8-11-5-6-11)18-10-13(19)16-9-12-4-3-7-20-12/h3-4,7,11H,2,5-6,8-10H2,1H3,(H,16,19)(H2,15,17,18). The molecule has 2 rings (SSSR count). The van der Waals surface area contributed by atoms with E-state index in [0.29, 0.717) is 12.5 Å². The second-order valence-electron chi connectivity index (χ2n) is 4.88. The molecule has 1 saturated carbocycles. The number of nitrogens with zero attached hydrogens (tertiary/aromatic N) is 1. The highest BCUT2D eigenvalue weighted by atomic mass is 16.3. The van der Waals surface area contributed by atoms with Crippen LogP contribution in [0.5, 0.6) is 0 Å². The Hall–Kier alpha value is -1.98. The first-order chi connectivity index (χ1) is 9.78. The largest absolute Gasteiger partial charge is 0.467 e. The van der Waals surface area contributed by atoms with Gasteiger partial charge in [0.25, 0.3) is 0 Å². The lowest BCUT2D eigenvalue weighted by Gasteiger charge is -2.10. The minimum Gasteiger partial charge on any atom is -0.467 e. The van der Waals surface area contributed by atoms with Gasteiger partial charge in [0, 0.05) is 13.1 Å². The van der Waals surface area contributed by atoms with Crippen LogP contribution in [0.25, 0.3) is 0 Å². The van der Waals surface area contributed by atoms with Crippen molar-refractivity contribution in [1.82, 2.24) is 16.0 Å². The van der Waals surface area contributed by atoms with E-state index in [0.717, 1.165) is 24.8 Å². The first-order valence-electron chi connectivity index (χ1n) is 7.09. The van der Waals surface area contributed by atoms with E-state index in [9.17, 15) is 4.79 Å². The molecule has 0 bridgehead atoms. The molecule has 1 aromatic rings. The lowest BCUT2D eigenvalue weighted by atomic mass is 10.4. The van der Waals surface area contributed by atoms with Crippen molar-refractivity contribution in [1.29, 1.82) is 0 Å². The lowest BCUT2D eigenvalue weighted by Crippen LogP contribution is -2.39. The van der Waals surface area contributed by atoms with E-state index in [2.05, 4.69) is 20.9 Å². The highest BCUT2D eigenvalue weighted by Crippen LogP contribution is 2.27. The zero-order chi connectivity index (χ0) is 14.2. The SMILES string of the molecule is CCNC(=NCC(=O)NCc1ccco1)NCC1CC1. The number of carbonyl (C=O) groups is 1. The van der Waals surface area contributed by atoms with Crippen molar-refractivity contribution in [3.05, 3.63) is 24.2 Å². The van der Waals surface area contributed by atoms with Crippen LogP contribution in [-0.4, -0.2) is 31.5 Å². The van der Waals surface area contributed by atoms with Crippen molar-refractivity contribution in [2.75, 3.05) is 19.6 Å². The predicted octanol–water partition coefficient (Wildman–Crippen LogP) is 0.861. The van der Waals surface area contributed by atoms with Crippen molar-refractivity contribution in [3.8, 4) is 0 Å². The number of hydrogen-bond donors (Lipinski definition) is 3. The molecule has 1 aliphatic rings. The van der Waals surface area contributed by atoms with Gasteiger partial charge in [-0.25, -0.2) is 4.99 Å². The first-order valence-corrected chi connectivity index (χ1v) is 7.09. The minimum absolute atomic E-state index is 0.112. The van der Waals surface area contributed by atoms with Gasteiger partial charge in [0.2, 0.25) is 5.91 Å². The second kappa shape index (κ2) is 7.57. The van der Waals surface area contributed by atoms with Crippen LogP contribution >= 0.6 is 0 Å². The number of aliphatic imine (C=N–C) groups is 1. The molecule has 0 aromatic carbocycles. The maximum Gasteiger partial charge on any atom is 0.242 e. The average molecular weight is 278 g/mol. The van der Waals surface area contributed by atoms with Gasteiger partial charge >= 0.3 is 0 Å². The van der Waals surface area contributed by atoms with E-state index >= 15 is 0 Å². The molecule has 0 radical (unpaired) electrons. The summed E-state index contributed by atoms with van der Waals surface area (Å²) in [6.07, 6.45) is 4.16. The van der Waals surface area contributed by atoms with E-state index in [-0.39, 0.29) is 12.5 Å². The number of nitrogens with one attached hydrogen (secondary N) is 3. The molecule has 6 nitrogen and oxygen atoms in total. The molecule has 3 N–H and O–H groups in total. The Labute approximate surface area is 119 Å². The molecule has 20 heavy (non-hydrogen) atoms. The second-order valence-corrected chi connectivity index (χ2v) is 4.88. The monoisotopic (exact) mass is 278 g/mol. The normalized spacial score (nSPS) is 14.9. The highest BCUT2D eigenvalue weighted by molar-refractivity contribution is 5.84. The van der Waals surface area contributed by atoms with Crippen molar-refractivity contribution >= 4 is 11.9 Å². The van der Waals surface area contributed by atoms with Gasteiger partial charge < -0.3 is 20.4 Å². The van der Waals surface area contributed by atoms with Crippen LogP contribution in [0.3, 0.4) is 0 Å². The molecule has 1 aromatic heterocycles. The number of furan rings is 1. The van der Waals surface area contributed by atoms with Gasteiger partial charge in [0.15, 0.2) is 5.96 Å². The van der Waals surface area contributed by atoms with Gasteiger partial charge in [-0.05, 0) is 37.8 Å². The Morgan fingerprint density at radius 3 is 2.90 bits per heavy atom. The van der Waals surface area contributed by atoms with E-state index in [1.165, 1.54) is 12.8 Å². The molecule has 1 heterocycles. The quantitative estimate of drug-likeness (QED) is 0.510. The summed E-state index contributed by atoms with van der Waals surface area (Å²) in [6, 6.07) is 3.62. The van der Waals surface area contributed by atoms with Gasteiger partial charge in [0.05, 0.1) is 12.8 Å². The van der Waals surface area contributed by atoms with Crippen LogP contribution in [0.4, 0.5) is 0 Å². The third-order valence-electron chi connectivity index (χ3n) is 3.02. The van der Waals surface area contributed by atoms with Crippen LogP contribution in [0.2, 0.25) is 0 Å². The van der Waals surface area contributed by atoms with Gasteiger partial charge in [0.1, 0.15) is 12.3 Å². The molecular weight excluding hydrogens is 256 g/mol. The summed E-state index contributed by atoms with van der Waals surface area (Å²) in [4.78, 5) is 15.9. The van der Waals surface area contributed by atoms with Crippen LogP contribution < -0.4 is 16.0 Å². The first kappa shape index (κ1) is 14.4. The fraction of sp³-hybridized carbons (Fsp3) is 0.571. The minimum atomic E-state index is -0.120. The Bertz CT molecular complexity index is 438. The maximum atomic E-state index is 11.7. The van der Waals surface area contributed by atoms with E-state index in [1.54, 1.807) is 12.3 Å². The van der Waals surface area contributed by atoms with Gasteiger partial charge in [-0.1, -0.05) is 0 Å². The van der Waals surface area contributed by atoms with E-state index in [1.807, 2.05) is 13.0 Å². The third kappa shape index (κ3) is 5.34. The van der Waals surface area contributed by atoms with Crippen molar-refractivity contribution in [2.24, 2.45) is 10.9 Å². The number of guanidine groups is 1. The molecule has 0 saturated heterocycles. The molecule has 110 valence electrons. The Morgan fingerprint density at radius 1 is 1.40 bits per heavy atom. The fourth-order valence-electron chi connectivity index (χ4n) is 1.71. The summed E-state index contributed by atoms with van der Waals surface area (Å²) >= 11 is 0. The van der Waals surface area contributed by atoms with Gasteiger partial charge in [-0.2, -0.15) is 0 Å². The topological polar surface area (TPSA) is 78.7 Å². The van der Waals surface area contributed by atoms with Crippen LogP contribution in [0, 0.1) is 5.92 Å². The Balaban J connectivity index is 1.70. The smallest absolute Gasteiger partial charge is 0.242 e. The number of rotatable bonds is 7. The van der Waals surface area contributed by atoms with Crippen molar-refractivity contribution in [3.63, 3.8) is 0 Å². The highest BCUT2D eigenvalue weighted by Gasteiger charge is 2.21. The number of hydrogen-bond acceptors (Lipinski definition) is 3. The Morgan fingerprint density at radius 2 is 2.25 bits per heavy atom. The van der Waals surface area contributed by atoms with Crippen LogP contribution in [-0.2, 0) is 11.3 Å². The zero-order valence-corrected chi connectivity index (χ0v) is 11.8. The molecule has 1 fully saturated rings. The lowest BCUT2D eigenvalue weighted by molar-refractivity contribution is -0.119. The molecule has 0 aliphatic heterocycles. The predicted molar refractivity (Wildman–Crippen MR) is 77.3 cm³/mol. The number of amides is 1. The fourth-order valence-corrected chi connectivity index (χ4v) is 1.71. The molecule has 1 amide bonds. The molecule has 0 spiro atoms.